The molecule has 6 rings (SSSR count). The van der Waals surface area contributed by atoms with Crippen LogP contribution in [0, 0.1) is 0 Å². The maximum atomic E-state index is 6.19. The van der Waals surface area contributed by atoms with Gasteiger partial charge in [-0.3, -0.25) is 0 Å². The average molecular weight is 457 g/mol. The minimum absolute atomic E-state index is 0.166. The van der Waals surface area contributed by atoms with Crippen molar-refractivity contribution in [3.63, 3.8) is 0 Å². The Labute approximate surface area is 198 Å². The van der Waals surface area contributed by atoms with Crippen molar-refractivity contribution < 1.29 is 28.3 Å². The molecular weight excluding hydrogens is 430 g/mol. The van der Waals surface area contributed by atoms with Gasteiger partial charge in [-0.05, 0) is 40.8 Å². The highest BCUT2D eigenvalue weighted by atomic mass is 16.7. The van der Waals surface area contributed by atoms with E-state index in [1.807, 2.05) is 24.3 Å². The number of hydrogen-bond acceptors (Lipinski definition) is 5. The van der Waals surface area contributed by atoms with Crippen molar-refractivity contribution >= 4 is 10.8 Å². The molecule has 2 aliphatic rings. The van der Waals surface area contributed by atoms with Crippen LogP contribution in [0.3, 0.4) is 0 Å². The van der Waals surface area contributed by atoms with Crippen LogP contribution in [0.4, 0.5) is 0 Å². The molecule has 0 bridgehead atoms. The van der Waals surface area contributed by atoms with Gasteiger partial charge in [0.15, 0.2) is 35.7 Å². The zero-order valence-electron chi connectivity index (χ0n) is 19.2. The minimum atomic E-state index is 0.166. The van der Waals surface area contributed by atoms with Crippen LogP contribution in [-0.2, 0) is 17.9 Å². The predicted octanol–water partition coefficient (Wildman–Crippen LogP) is 4.85. The van der Waals surface area contributed by atoms with E-state index in [4.69, 9.17) is 23.7 Å². The Kier molecular flexibility index (Phi) is 5.23. The summed E-state index contributed by atoms with van der Waals surface area (Å²) in [6.07, 6.45) is 2.16. The Balaban J connectivity index is 1.42. The highest BCUT2D eigenvalue weighted by molar-refractivity contribution is 5.91. The van der Waals surface area contributed by atoms with Gasteiger partial charge in [0, 0.05) is 6.07 Å². The van der Waals surface area contributed by atoms with E-state index in [9.17, 15) is 0 Å². The number of nitrogens with zero attached hydrogens (tertiary/aromatic N) is 1. The molecule has 3 aromatic carbocycles. The van der Waals surface area contributed by atoms with Gasteiger partial charge >= 0.3 is 0 Å². The summed E-state index contributed by atoms with van der Waals surface area (Å²) in [6.45, 7) is 2.22. The summed E-state index contributed by atoms with van der Waals surface area (Å²) in [6, 6.07) is 20.7. The lowest BCUT2D eigenvalue weighted by atomic mass is 9.88. The van der Waals surface area contributed by atoms with Crippen LogP contribution in [0.1, 0.15) is 17.0 Å². The molecule has 1 unspecified atom stereocenters. The lowest BCUT2D eigenvalue weighted by molar-refractivity contribution is -0.690. The number of benzene rings is 3. The molecular formula is C28H26NO5+. The quantitative estimate of drug-likeness (QED) is 0.388. The fourth-order valence-corrected chi connectivity index (χ4v) is 4.95. The van der Waals surface area contributed by atoms with Gasteiger partial charge in [0.25, 0.3) is 0 Å². The molecule has 3 heterocycles. The normalized spacial score (nSPS) is 15.6. The van der Waals surface area contributed by atoms with Crippen molar-refractivity contribution in [1.29, 1.82) is 0 Å². The zero-order valence-corrected chi connectivity index (χ0v) is 19.2. The summed E-state index contributed by atoms with van der Waals surface area (Å²) in [7, 11) is 3.34. The Morgan fingerprint density at radius 3 is 2.56 bits per heavy atom. The van der Waals surface area contributed by atoms with Crippen LogP contribution in [0.15, 0.2) is 66.9 Å². The number of aromatic nitrogens is 1. The molecule has 0 aliphatic carbocycles. The second-order valence-electron chi connectivity index (χ2n) is 8.61. The summed E-state index contributed by atoms with van der Waals surface area (Å²) < 4.78 is 31.1. The highest BCUT2D eigenvalue weighted by Gasteiger charge is 2.34. The molecule has 0 fully saturated rings. The van der Waals surface area contributed by atoms with Crippen molar-refractivity contribution in [1.82, 2.24) is 0 Å². The fourth-order valence-electron chi connectivity index (χ4n) is 4.95. The predicted molar refractivity (Wildman–Crippen MR) is 128 cm³/mol. The average Bonchev–Trinajstić information content (AvgIpc) is 3.34. The standard InChI is InChI=1S/C28H26NO5/c1-30-25-9-8-19-10-24-22-12-27-26(33-17-34-27)11-21(22)20(13-29(24)14-23(19)28(25)31-2)16-32-15-18-6-4-3-5-7-18/h3-12,14,20H,13,15-17H2,1-2H3/q+1. The molecule has 0 spiro atoms. The van der Waals surface area contributed by atoms with Gasteiger partial charge in [0.05, 0.1) is 44.3 Å². The van der Waals surface area contributed by atoms with Crippen molar-refractivity contribution in [3.8, 4) is 34.3 Å². The summed E-state index contributed by atoms with van der Waals surface area (Å²) in [5.41, 5.74) is 4.66. The molecule has 6 nitrogen and oxygen atoms in total. The van der Waals surface area contributed by atoms with Crippen LogP contribution < -0.4 is 23.5 Å². The maximum absolute atomic E-state index is 6.19. The van der Waals surface area contributed by atoms with E-state index in [0.717, 1.165) is 51.6 Å². The molecule has 0 N–H and O–H groups in total. The van der Waals surface area contributed by atoms with Crippen LogP contribution in [0.5, 0.6) is 23.0 Å². The molecule has 6 heteroatoms. The molecule has 34 heavy (non-hydrogen) atoms. The first kappa shape index (κ1) is 20.8. The minimum Gasteiger partial charge on any atom is -0.493 e. The van der Waals surface area contributed by atoms with Crippen molar-refractivity contribution in [2.45, 2.75) is 19.1 Å². The number of methoxy groups -OCH3 is 2. The van der Waals surface area contributed by atoms with Crippen molar-refractivity contribution in [3.05, 3.63) is 78.0 Å². The lowest BCUT2D eigenvalue weighted by Gasteiger charge is -2.24. The first-order valence-electron chi connectivity index (χ1n) is 11.4. The molecule has 172 valence electrons. The van der Waals surface area contributed by atoms with E-state index < -0.39 is 0 Å². The number of fused-ring (bicyclic) bond motifs is 5. The maximum Gasteiger partial charge on any atom is 0.231 e. The van der Waals surface area contributed by atoms with E-state index in [1.54, 1.807) is 14.2 Å². The van der Waals surface area contributed by atoms with E-state index in [-0.39, 0.29) is 12.7 Å². The molecule has 0 amide bonds. The molecule has 1 aromatic heterocycles. The third-order valence-electron chi connectivity index (χ3n) is 6.61. The first-order chi connectivity index (χ1) is 16.7. The molecule has 0 saturated carbocycles. The summed E-state index contributed by atoms with van der Waals surface area (Å²) in [4.78, 5) is 0. The van der Waals surface area contributed by atoms with E-state index >= 15 is 0 Å². The molecule has 0 radical (unpaired) electrons. The van der Waals surface area contributed by atoms with Crippen molar-refractivity contribution in [2.24, 2.45) is 0 Å². The fraction of sp³-hybridized carbons (Fsp3) is 0.250. The van der Waals surface area contributed by atoms with Crippen LogP contribution in [0.25, 0.3) is 22.0 Å². The van der Waals surface area contributed by atoms with Crippen LogP contribution >= 0.6 is 0 Å². The number of pyridine rings is 1. The monoisotopic (exact) mass is 456 g/mol. The van der Waals surface area contributed by atoms with Gasteiger partial charge in [-0.25, -0.2) is 0 Å². The molecule has 0 saturated heterocycles. The molecule has 1 atom stereocenters. The zero-order chi connectivity index (χ0) is 23.1. The Morgan fingerprint density at radius 1 is 0.941 bits per heavy atom. The number of ether oxygens (including phenoxy) is 5. The largest absolute Gasteiger partial charge is 0.493 e. The van der Waals surface area contributed by atoms with Gasteiger partial charge in [0.1, 0.15) is 0 Å². The third kappa shape index (κ3) is 3.51. The van der Waals surface area contributed by atoms with E-state index in [1.165, 1.54) is 11.1 Å². The lowest BCUT2D eigenvalue weighted by Crippen LogP contribution is -2.43. The van der Waals surface area contributed by atoms with E-state index in [2.05, 4.69) is 47.2 Å². The van der Waals surface area contributed by atoms with Gasteiger partial charge in [0.2, 0.25) is 12.5 Å². The van der Waals surface area contributed by atoms with Crippen LogP contribution in [0.2, 0.25) is 0 Å². The third-order valence-corrected chi connectivity index (χ3v) is 6.61. The summed E-state index contributed by atoms with van der Waals surface area (Å²) in [5, 5.41) is 2.10. The highest BCUT2D eigenvalue weighted by Crippen LogP contribution is 2.44. The Bertz CT molecular complexity index is 1370. The first-order valence-corrected chi connectivity index (χ1v) is 11.4. The Hall–Kier alpha value is -3.77. The molecule has 2 aliphatic heterocycles. The number of rotatable bonds is 6. The van der Waals surface area contributed by atoms with Gasteiger partial charge in [-0.15, -0.1) is 0 Å². The van der Waals surface area contributed by atoms with E-state index in [0.29, 0.717) is 13.2 Å². The smallest absolute Gasteiger partial charge is 0.231 e. The topological polar surface area (TPSA) is 50.0 Å². The SMILES string of the molecule is COc1ccc2cc3[n+](cc2c1OC)CC(COCc1ccccc1)c1cc2c(cc1-3)OCO2. The van der Waals surface area contributed by atoms with Gasteiger partial charge in [-0.2, -0.15) is 4.57 Å². The van der Waals surface area contributed by atoms with Gasteiger partial charge in [-0.1, -0.05) is 30.3 Å². The summed E-state index contributed by atoms with van der Waals surface area (Å²) in [5.74, 6) is 3.21. The van der Waals surface area contributed by atoms with Crippen molar-refractivity contribution in [2.75, 3.05) is 27.6 Å². The second-order valence-corrected chi connectivity index (χ2v) is 8.61. The second kappa shape index (κ2) is 8.54. The van der Waals surface area contributed by atoms with Crippen LogP contribution in [-0.4, -0.2) is 27.6 Å². The Morgan fingerprint density at radius 2 is 1.76 bits per heavy atom. The molecule has 4 aromatic rings. The van der Waals surface area contributed by atoms with Gasteiger partial charge < -0.3 is 23.7 Å². The number of hydrogen-bond donors (Lipinski definition) is 0. The summed E-state index contributed by atoms with van der Waals surface area (Å²) >= 11 is 0.